The van der Waals surface area contributed by atoms with Gasteiger partial charge in [0.15, 0.2) is 5.82 Å². The number of ether oxygens (including phenoxy) is 2. The first-order chi connectivity index (χ1) is 17.7. The van der Waals surface area contributed by atoms with E-state index in [1.807, 2.05) is 60.7 Å². The molecule has 0 unspecified atom stereocenters. The van der Waals surface area contributed by atoms with Crippen LogP contribution in [0.1, 0.15) is 5.76 Å². The second kappa shape index (κ2) is 10.5. The highest BCUT2D eigenvalue weighted by molar-refractivity contribution is 5.75. The zero-order chi connectivity index (χ0) is 24.7. The van der Waals surface area contributed by atoms with Crippen molar-refractivity contribution in [2.75, 3.05) is 30.2 Å². The van der Waals surface area contributed by atoms with Gasteiger partial charge in [-0.3, -0.25) is 5.10 Å². The number of H-pyrrole nitrogens is 1. The molecule has 0 aliphatic rings. The van der Waals surface area contributed by atoms with Gasteiger partial charge in [-0.05, 0) is 42.5 Å². The van der Waals surface area contributed by atoms with Gasteiger partial charge >= 0.3 is 0 Å². The van der Waals surface area contributed by atoms with Crippen molar-refractivity contribution in [1.29, 1.82) is 0 Å². The normalized spacial score (nSPS) is 10.6. The lowest BCUT2D eigenvalue weighted by Gasteiger charge is -2.12. The predicted octanol–water partition coefficient (Wildman–Crippen LogP) is 5.58. The van der Waals surface area contributed by atoms with E-state index in [1.54, 1.807) is 32.7 Å². The molecule has 0 amide bonds. The van der Waals surface area contributed by atoms with Crippen molar-refractivity contribution in [3.05, 3.63) is 85.0 Å². The minimum Gasteiger partial charge on any atom is -0.497 e. The Morgan fingerprint density at radius 2 is 1.69 bits per heavy atom. The molecule has 0 saturated carbocycles. The molecule has 2 aromatic carbocycles. The topological polar surface area (TPSA) is 122 Å². The van der Waals surface area contributed by atoms with E-state index < -0.39 is 0 Å². The number of benzene rings is 2. The summed E-state index contributed by atoms with van der Waals surface area (Å²) in [6.45, 7) is 0.594. The maximum Gasteiger partial charge on any atom is 0.246 e. The molecule has 3 heterocycles. The van der Waals surface area contributed by atoms with Crippen LogP contribution in [-0.4, -0.2) is 34.4 Å². The third-order valence-corrected chi connectivity index (χ3v) is 5.33. The van der Waals surface area contributed by atoms with E-state index in [-0.39, 0.29) is 0 Å². The van der Waals surface area contributed by atoms with Crippen molar-refractivity contribution in [2.45, 2.75) is 6.54 Å². The van der Waals surface area contributed by atoms with E-state index in [1.165, 1.54) is 0 Å². The van der Waals surface area contributed by atoms with Gasteiger partial charge in [-0.2, -0.15) is 4.98 Å². The van der Waals surface area contributed by atoms with E-state index in [2.05, 4.69) is 36.1 Å². The number of rotatable bonds is 10. The second-order valence-corrected chi connectivity index (χ2v) is 7.77. The standard InChI is InChI=1S/C26H25N7O3/c1-34-21-13-19(14-22(15-21)35-2)29-24-23(9-4-10-27-24)25-31-26(33-32-25)30-18-7-3-6-17(12-18)28-16-20-8-5-11-36-20/h3-15,28H,16H2,1-2H3,(H,27,29)(H2,30,31,32,33). The van der Waals surface area contributed by atoms with Crippen LogP contribution in [0.15, 0.2) is 83.6 Å². The van der Waals surface area contributed by atoms with Gasteiger partial charge in [0.05, 0.1) is 32.6 Å². The largest absolute Gasteiger partial charge is 0.497 e. The lowest BCUT2D eigenvalue weighted by Crippen LogP contribution is -1.99. The summed E-state index contributed by atoms with van der Waals surface area (Å²) in [5, 5.41) is 17.2. The predicted molar refractivity (Wildman–Crippen MR) is 138 cm³/mol. The van der Waals surface area contributed by atoms with Crippen molar-refractivity contribution in [3.8, 4) is 22.9 Å². The van der Waals surface area contributed by atoms with Crippen molar-refractivity contribution < 1.29 is 13.9 Å². The third kappa shape index (κ3) is 5.39. The molecule has 182 valence electrons. The Morgan fingerprint density at radius 1 is 0.861 bits per heavy atom. The van der Waals surface area contributed by atoms with Crippen LogP contribution < -0.4 is 25.4 Å². The van der Waals surface area contributed by atoms with Crippen LogP contribution in [0, 0.1) is 0 Å². The number of nitrogens with one attached hydrogen (secondary N) is 4. The fourth-order valence-electron chi connectivity index (χ4n) is 3.59. The first kappa shape index (κ1) is 22.8. The van der Waals surface area contributed by atoms with Crippen LogP contribution in [0.2, 0.25) is 0 Å². The molecule has 0 spiro atoms. The van der Waals surface area contributed by atoms with Gasteiger partial charge in [0.1, 0.15) is 23.1 Å². The van der Waals surface area contributed by atoms with Crippen LogP contribution in [0.4, 0.5) is 28.8 Å². The van der Waals surface area contributed by atoms with Crippen LogP contribution in [0.25, 0.3) is 11.4 Å². The molecule has 5 aromatic rings. The van der Waals surface area contributed by atoms with E-state index in [4.69, 9.17) is 13.9 Å². The van der Waals surface area contributed by atoms with Crippen LogP contribution in [0.3, 0.4) is 0 Å². The van der Waals surface area contributed by atoms with E-state index >= 15 is 0 Å². The van der Waals surface area contributed by atoms with Crippen molar-refractivity contribution in [2.24, 2.45) is 0 Å². The third-order valence-electron chi connectivity index (χ3n) is 5.33. The Labute approximate surface area is 207 Å². The average molecular weight is 484 g/mol. The SMILES string of the molecule is COc1cc(Nc2ncccc2-c2nc(Nc3cccc(NCc4ccco4)c3)n[nH]2)cc(OC)c1. The fraction of sp³-hybridized carbons (Fsp3) is 0.115. The number of hydrogen-bond acceptors (Lipinski definition) is 9. The molecule has 36 heavy (non-hydrogen) atoms. The number of furan rings is 1. The molecule has 0 bridgehead atoms. The maximum atomic E-state index is 5.37. The van der Waals surface area contributed by atoms with Gasteiger partial charge in [0, 0.05) is 41.5 Å². The van der Waals surface area contributed by atoms with Crippen molar-refractivity contribution in [3.63, 3.8) is 0 Å². The van der Waals surface area contributed by atoms with Gasteiger partial charge < -0.3 is 29.8 Å². The number of aromatic nitrogens is 4. The van der Waals surface area contributed by atoms with Crippen molar-refractivity contribution >= 4 is 28.8 Å². The molecule has 10 heteroatoms. The van der Waals surface area contributed by atoms with Crippen LogP contribution in [-0.2, 0) is 6.54 Å². The minimum absolute atomic E-state index is 0.436. The lowest BCUT2D eigenvalue weighted by atomic mass is 10.2. The van der Waals surface area contributed by atoms with E-state index in [0.29, 0.717) is 35.6 Å². The summed E-state index contributed by atoms with van der Waals surface area (Å²) in [4.78, 5) is 9.11. The number of nitrogens with zero attached hydrogens (tertiary/aromatic N) is 3. The van der Waals surface area contributed by atoms with Gasteiger partial charge in [0.25, 0.3) is 0 Å². The summed E-state index contributed by atoms with van der Waals surface area (Å²) in [6.07, 6.45) is 3.37. The molecule has 0 fully saturated rings. The highest BCUT2D eigenvalue weighted by Gasteiger charge is 2.13. The first-order valence-electron chi connectivity index (χ1n) is 11.2. The van der Waals surface area contributed by atoms with Gasteiger partial charge in [0.2, 0.25) is 5.95 Å². The summed E-state index contributed by atoms with van der Waals surface area (Å²) in [5.41, 5.74) is 3.31. The monoisotopic (exact) mass is 483 g/mol. The molecule has 0 aliphatic heterocycles. The number of pyridine rings is 1. The summed E-state index contributed by atoms with van der Waals surface area (Å²) in [5.74, 6) is 3.81. The molecule has 10 nitrogen and oxygen atoms in total. The minimum atomic E-state index is 0.436. The summed E-state index contributed by atoms with van der Waals surface area (Å²) in [6, 6.07) is 20.9. The Morgan fingerprint density at radius 3 is 2.47 bits per heavy atom. The van der Waals surface area contributed by atoms with Crippen LogP contribution in [0.5, 0.6) is 11.5 Å². The van der Waals surface area contributed by atoms with Crippen LogP contribution >= 0.6 is 0 Å². The first-order valence-corrected chi connectivity index (χ1v) is 11.2. The Kier molecular flexibility index (Phi) is 6.65. The number of hydrogen-bond donors (Lipinski definition) is 4. The Bertz CT molecular complexity index is 1410. The summed E-state index contributed by atoms with van der Waals surface area (Å²) < 4.78 is 16.1. The molecular weight excluding hydrogens is 458 g/mol. The number of methoxy groups -OCH3 is 2. The van der Waals surface area contributed by atoms with Gasteiger partial charge in [-0.15, -0.1) is 5.10 Å². The summed E-state index contributed by atoms with van der Waals surface area (Å²) in [7, 11) is 3.22. The summed E-state index contributed by atoms with van der Waals surface area (Å²) >= 11 is 0. The van der Waals surface area contributed by atoms with Gasteiger partial charge in [-0.25, -0.2) is 4.98 Å². The zero-order valence-electron chi connectivity index (χ0n) is 19.8. The highest BCUT2D eigenvalue weighted by Crippen LogP contribution is 2.31. The zero-order valence-corrected chi connectivity index (χ0v) is 19.8. The quantitative estimate of drug-likeness (QED) is 0.202. The molecular formula is C26H25N7O3. The smallest absolute Gasteiger partial charge is 0.246 e. The second-order valence-electron chi connectivity index (χ2n) is 7.77. The molecule has 4 N–H and O–H groups in total. The number of aromatic amines is 1. The van der Waals surface area contributed by atoms with Crippen molar-refractivity contribution in [1.82, 2.24) is 20.2 Å². The van der Waals surface area contributed by atoms with Gasteiger partial charge in [-0.1, -0.05) is 6.07 Å². The Hall–Kier alpha value is -4.99. The van der Waals surface area contributed by atoms with E-state index in [9.17, 15) is 0 Å². The molecule has 0 saturated heterocycles. The number of anilines is 5. The molecule has 3 aromatic heterocycles. The maximum absolute atomic E-state index is 5.37. The molecule has 0 radical (unpaired) electrons. The molecule has 0 atom stereocenters. The lowest BCUT2D eigenvalue weighted by molar-refractivity contribution is 0.395. The highest BCUT2D eigenvalue weighted by atomic mass is 16.5. The fourth-order valence-corrected chi connectivity index (χ4v) is 3.59. The molecule has 0 aliphatic carbocycles. The molecule has 5 rings (SSSR count). The van der Waals surface area contributed by atoms with E-state index in [0.717, 1.165) is 28.4 Å². The average Bonchev–Trinajstić information content (AvgIpc) is 3.60. The Balaban J connectivity index is 1.32.